The van der Waals surface area contributed by atoms with Crippen molar-refractivity contribution in [2.45, 2.75) is 20.0 Å². The Bertz CT molecular complexity index is 1150. The Labute approximate surface area is 200 Å². The molecule has 3 aromatic rings. The third kappa shape index (κ3) is 6.04. The standard InChI is InChI=1S/C25H23BrN2O5/c1-2-30-23-12-19(10-20(26)25(23)31-15-17-6-4-3-5-7-17)14-27-28-24(29)13-18-8-9-21-22(11-18)33-16-32-21/h3-12,14H,2,13,15-16H2,1H3,(H,28,29). The molecule has 33 heavy (non-hydrogen) atoms. The average molecular weight is 511 g/mol. The lowest BCUT2D eigenvalue weighted by Crippen LogP contribution is -2.19. The van der Waals surface area contributed by atoms with E-state index in [1.54, 1.807) is 18.3 Å². The summed E-state index contributed by atoms with van der Waals surface area (Å²) in [6, 6.07) is 19.0. The predicted octanol–water partition coefficient (Wildman–Crippen LogP) is 4.85. The van der Waals surface area contributed by atoms with E-state index in [1.807, 2.05) is 55.5 Å². The van der Waals surface area contributed by atoms with Gasteiger partial charge in [0.25, 0.3) is 0 Å². The van der Waals surface area contributed by atoms with E-state index in [1.165, 1.54) is 0 Å². The zero-order valence-electron chi connectivity index (χ0n) is 18.0. The monoisotopic (exact) mass is 510 g/mol. The van der Waals surface area contributed by atoms with Crippen molar-refractivity contribution >= 4 is 28.1 Å². The quantitative estimate of drug-likeness (QED) is 0.329. The Balaban J connectivity index is 1.39. The SMILES string of the molecule is CCOc1cc(C=NNC(=O)Cc2ccc3c(c2)OCO3)cc(Br)c1OCc1ccccc1. The molecular weight excluding hydrogens is 488 g/mol. The van der Waals surface area contributed by atoms with Gasteiger partial charge in [0.2, 0.25) is 12.7 Å². The zero-order chi connectivity index (χ0) is 23.0. The van der Waals surface area contributed by atoms with Crippen LogP contribution in [0.2, 0.25) is 0 Å². The number of carbonyl (C=O) groups excluding carboxylic acids is 1. The molecule has 1 amide bonds. The van der Waals surface area contributed by atoms with Crippen molar-refractivity contribution in [1.29, 1.82) is 0 Å². The van der Waals surface area contributed by atoms with Gasteiger partial charge in [-0.05, 0) is 63.8 Å². The molecule has 0 bridgehead atoms. The number of hydrogen-bond donors (Lipinski definition) is 1. The Hall–Kier alpha value is -3.52. The molecule has 0 saturated carbocycles. The zero-order valence-corrected chi connectivity index (χ0v) is 19.6. The van der Waals surface area contributed by atoms with Gasteiger partial charge in [-0.15, -0.1) is 0 Å². The van der Waals surface area contributed by atoms with Crippen LogP contribution in [0.1, 0.15) is 23.6 Å². The first-order valence-corrected chi connectivity index (χ1v) is 11.2. The van der Waals surface area contributed by atoms with Gasteiger partial charge in [-0.25, -0.2) is 5.43 Å². The third-order valence-corrected chi connectivity index (χ3v) is 5.35. The van der Waals surface area contributed by atoms with Crippen molar-refractivity contribution in [2.75, 3.05) is 13.4 Å². The van der Waals surface area contributed by atoms with Crippen molar-refractivity contribution in [3.63, 3.8) is 0 Å². The van der Waals surface area contributed by atoms with E-state index in [4.69, 9.17) is 18.9 Å². The largest absolute Gasteiger partial charge is 0.490 e. The highest BCUT2D eigenvalue weighted by Gasteiger charge is 2.15. The number of amides is 1. The summed E-state index contributed by atoms with van der Waals surface area (Å²) in [5, 5.41) is 4.08. The molecule has 0 aliphatic carbocycles. The molecule has 1 N–H and O–H groups in total. The number of hydrazone groups is 1. The third-order valence-electron chi connectivity index (χ3n) is 4.76. The number of ether oxygens (including phenoxy) is 4. The van der Waals surface area contributed by atoms with Gasteiger partial charge in [-0.3, -0.25) is 4.79 Å². The fraction of sp³-hybridized carbons (Fsp3) is 0.200. The van der Waals surface area contributed by atoms with Gasteiger partial charge in [-0.2, -0.15) is 5.10 Å². The first kappa shape index (κ1) is 22.7. The molecule has 7 nitrogen and oxygen atoms in total. The highest BCUT2D eigenvalue weighted by molar-refractivity contribution is 9.10. The van der Waals surface area contributed by atoms with Crippen molar-refractivity contribution in [3.05, 3.63) is 81.8 Å². The number of halogens is 1. The maximum atomic E-state index is 12.3. The molecule has 4 rings (SSSR count). The summed E-state index contributed by atoms with van der Waals surface area (Å²) in [4.78, 5) is 12.3. The van der Waals surface area contributed by atoms with Gasteiger partial charge >= 0.3 is 0 Å². The van der Waals surface area contributed by atoms with Crippen LogP contribution in [-0.2, 0) is 17.8 Å². The van der Waals surface area contributed by atoms with Crippen molar-refractivity contribution in [1.82, 2.24) is 5.43 Å². The Kier molecular flexibility index (Phi) is 7.47. The number of nitrogens with one attached hydrogen (secondary N) is 1. The summed E-state index contributed by atoms with van der Waals surface area (Å²) in [5.41, 5.74) is 5.17. The number of fused-ring (bicyclic) bond motifs is 1. The van der Waals surface area contributed by atoms with Gasteiger partial charge in [-0.1, -0.05) is 36.4 Å². The average Bonchev–Trinajstić information content (AvgIpc) is 3.27. The van der Waals surface area contributed by atoms with E-state index in [0.29, 0.717) is 36.2 Å². The summed E-state index contributed by atoms with van der Waals surface area (Å²) >= 11 is 3.56. The number of hydrogen-bond acceptors (Lipinski definition) is 6. The summed E-state index contributed by atoms with van der Waals surface area (Å²) in [6.45, 7) is 3.01. The summed E-state index contributed by atoms with van der Waals surface area (Å²) in [6.07, 6.45) is 1.74. The van der Waals surface area contributed by atoms with E-state index >= 15 is 0 Å². The van der Waals surface area contributed by atoms with E-state index < -0.39 is 0 Å². The lowest BCUT2D eigenvalue weighted by molar-refractivity contribution is -0.120. The maximum absolute atomic E-state index is 12.3. The minimum Gasteiger partial charge on any atom is -0.490 e. The Morgan fingerprint density at radius 3 is 2.70 bits per heavy atom. The van der Waals surface area contributed by atoms with Crippen LogP contribution in [0.4, 0.5) is 0 Å². The summed E-state index contributed by atoms with van der Waals surface area (Å²) in [5.74, 6) is 2.30. The molecule has 1 aliphatic rings. The van der Waals surface area contributed by atoms with Gasteiger partial charge in [0, 0.05) is 0 Å². The van der Waals surface area contributed by atoms with Crippen LogP contribution in [0.25, 0.3) is 0 Å². The van der Waals surface area contributed by atoms with Crippen LogP contribution >= 0.6 is 15.9 Å². The lowest BCUT2D eigenvalue weighted by Gasteiger charge is -2.14. The topological polar surface area (TPSA) is 78.4 Å². The second-order valence-electron chi connectivity index (χ2n) is 7.19. The summed E-state index contributed by atoms with van der Waals surface area (Å²) < 4.78 is 23.1. The fourth-order valence-electron chi connectivity index (χ4n) is 3.25. The van der Waals surface area contributed by atoms with Crippen LogP contribution in [0.15, 0.2) is 70.2 Å². The molecule has 0 unspecified atom stereocenters. The van der Waals surface area contributed by atoms with Crippen LogP contribution in [0.3, 0.4) is 0 Å². The van der Waals surface area contributed by atoms with Gasteiger partial charge in [0.15, 0.2) is 23.0 Å². The van der Waals surface area contributed by atoms with Gasteiger partial charge in [0.1, 0.15) is 6.61 Å². The molecule has 0 atom stereocenters. The molecule has 1 heterocycles. The molecule has 0 saturated heterocycles. The van der Waals surface area contributed by atoms with Crippen molar-refractivity contribution in [2.24, 2.45) is 5.10 Å². The van der Waals surface area contributed by atoms with Crippen LogP contribution in [0, 0.1) is 0 Å². The van der Waals surface area contributed by atoms with Crippen LogP contribution < -0.4 is 24.4 Å². The smallest absolute Gasteiger partial charge is 0.244 e. The first-order valence-electron chi connectivity index (χ1n) is 10.5. The molecule has 0 aromatic heterocycles. The van der Waals surface area contributed by atoms with Gasteiger partial charge < -0.3 is 18.9 Å². The van der Waals surface area contributed by atoms with Crippen LogP contribution in [0.5, 0.6) is 23.0 Å². The second-order valence-corrected chi connectivity index (χ2v) is 8.05. The Morgan fingerprint density at radius 2 is 1.88 bits per heavy atom. The number of benzene rings is 3. The number of carbonyl (C=O) groups is 1. The van der Waals surface area contributed by atoms with Crippen molar-refractivity contribution in [3.8, 4) is 23.0 Å². The van der Waals surface area contributed by atoms with Crippen LogP contribution in [-0.4, -0.2) is 25.5 Å². The molecule has 3 aromatic carbocycles. The second kappa shape index (κ2) is 10.9. The lowest BCUT2D eigenvalue weighted by atomic mass is 10.1. The number of rotatable bonds is 9. The first-order chi connectivity index (χ1) is 16.1. The maximum Gasteiger partial charge on any atom is 0.244 e. The fourth-order valence-corrected chi connectivity index (χ4v) is 3.82. The Morgan fingerprint density at radius 1 is 1.06 bits per heavy atom. The normalized spacial score (nSPS) is 12.1. The van der Waals surface area contributed by atoms with Gasteiger partial charge in [0.05, 0.1) is 23.7 Å². The van der Waals surface area contributed by atoms with E-state index in [9.17, 15) is 4.79 Å². The summed E-state index contributed by atoms with van der Waals surface area (Å²) in [7, 11) is 0. The molecule has 8 heteroatoms. The molecule has 0 spiro atoms. The van der Waals surface area contributed by atoms with Crippen molar-refractivity contribution < 1.29 is 23.7 Å². The molecule has 0 fully saturated rings. The molecular formula is C25H23BrN2O5. The van der Waals surface area contributed by atoms with E-state index in [2.05, 4.69) is 26.5 Å². The minimum atomic E-state index is -0.239. The highest BCUT2D eigenvalue weighted by Crippen LogP contribution is 2.37. The molecule has 0 radical (unpaired) electrons. The predicted molar refractivity (Wildman–Crippen MR) is 128 cm³/mol. The highest BCUT2D eigenvalue weighted by atomic mass is 79.9. The van der Waals surface area contributed by atoms with E-state index in [0.717, 1.165) is 21.2 Å². The van der Waals surface area contributed by atoms with E-state index in [-0.39, 0.29) is 19.1 Å². The molecule has 1 aliphatic heterocycles. The molecule has 170 valence electrons. The minimum absolute atomic E-state index is 0.175. The number of nitrogens with zero attached hydrogens (tertiary/aromatic N) is 1.